The number of aromatic nitrogens is 2. The van der Waals surface area contributed by atoms with E-state index in [9.17, 15) is 17.6 Å². The van der Waals surface area contributed by atoms with Gasteiger partial charge in [-0.15, -0.1) is 0 Å². The Balaban J connectivity index is 1.88. The maximum Gasteiger partial charge on any atom is 0.255 e. The summed E-state index contributed by atoms with van der Waals surface area (Å²) in [6, 6.07) is 11.0. The minimum Gasteiger partial charge on any atom is -0.437 e. The molecule has 1 N–H and O–H groups in total. The highest BCUT2D eigenvalue weighted by atomic mass is 32.2. The molecule has 3 heterocycles. The van der Waals surface area contributed by atoms with Gasteiger partial charge in [-0.2, -0.15) is 4.98 Å². The van der Waals surface area contributed by atoms with E-state index in [-0.39, 0.29) is 29.4 Å². The number of sulfonamides is 1. The summed E-state index contributed by atoms with van der Waals surface area (Å²) in [5.41, 5.74) is 2.46. The Morgan fingerprint density at radius 3 is 2.43 bits per heavy atom. The lowest BCUT2D eigenvalue weighted by molar-refractivity contribution is 0.0964. The van der Waals surface area contributed by atoms with Crippen molar-refractivity contribution in [1.29, 1.82) is 0 Å². The van der Waals surface area contributed by atoms with Crippen molar-refractivity contribution in [3.05, 3.63) is 77.4 Å². The number of amides is 1. The molecular weight excluding hydrogens is 471 g/mol. The molecule has 0 spiro atoms. The maximum atomic E-state index is 13.5. The monoisotopic (exact) mass is 496 g/mol. The fourth-order valence-electron chi connectivity index (χ4n) is 3.90. The van der Waals surface area contributed by atoms with Gasteiger partial charge in [0.25, 0.3) is 5.91 Å². The van der Waals surface area contributed by atoms with Gasteiger partial charge in [0, 0.05) is 31.5 Å². The second-order valence-electron chi connectivity index (χ2n) is 8.01. The molecule has 182 valence electrons. The summed E-state index contributed by atoms with van der Waals surface area (Å²) in [5.74, 6) is -0.330. The van der Waals surface area contributed by atoms with Crippen molar-refractivity contribution < 1.29 is 22.0 Å². The molecule has 0 atom stereocenters. The summed E-state index contributed by atoms with van der Waals surface area (Å²) in [4.78, 5) is 21.4. The number of hydrogen-bond donors (Lipinski definition) is 1. The van der Waals surface area contributed by atoms with Crippen LogP contribution in [0.3, 0.4) is 0 Å². The molecule has 4 aromatic rings. The van der Waals surface area contributed by atoms with Crippen molar-refractivity contribution in [2.75, 3.05) is 24.2 Å². The molecule has 3 aromatic heterocycles. The number of aryl methyl sites for hydroxylation is 1. The highest BCUT2D eigenvalue weighted by molar-refractivity contribution is 7.92. The van der Waals surface area contributed by atoms with Crippen LogP contribution < -0.4 is 9.62 Å². The first-order valence-corrected chi connectivity index (χ1v) is 12.9. The first-order valence-electron chi connectivity index (χ1n) is 11.0. The molecule has 0 aliphatic carbocycles. The van der Waals surface area contributed by atoms with Crippen LogP contribution in [0.2, 0.25) is 0 Å². The zero-order valence-corrected chi connectivity index (χ0v) is 20.4. The molecule has 0 saturated heterocycles. The predicted octanol–water partition coefficient (Wildman–Crippen LogP) is 3.96. The largest absolute Gasteiger partial charge is 0.437 e. The Morgan fingerprint density at radius 1 is 1.14 bits per heavy atom. The molecule has 0 bridgehead atoms. The predicted molar refractivity (Wildman–Crippen MR) is 132 cm³/mol. The van der Waals surface area contributed by atoms with Gasteiger partial charge in [-0.05, 0) is 66.4 Å². The lowest BCUT2D eigenvalue weighted by Gasteiger charge is -2.23. The number of rotatable bonds is 8. The topological polar surface area (TPSA) is 105 Å². The van der Waals surface area contributed by atoms with Crippen molar-refractivity contribution >= 4 is 32.8 Å². The zero-order valence-electron chi connectivity index (χ0n) is 19.6. The number of nitrogens with zero attached hydrogens (tertiary/aromatic N) is 3. The van der Waals surface area contributed by atoms with Crippen LogP contribution in [0, 0.1) is 5.82 Å². The number of halogens is 1. The highest BCUT2D eigenvalue weighted by Crippen LogP contribution is 2.36. The Kier molecular flexibility index (Phi) is 6.83. The van der Waals surface area contributed by atoms with Crippen molar-refractivity contribution in [1.82, 2.24) is 15.3 Å². The third-order valence-corrected chi connectivity index (χ3v) is 6.83. The lowest BCUT2D eigenvalue weighted by atomic mass is 10.0. The SMILES string of the molecule is CCc1cc2c(C(=O)NC)c(-c3ccc(F)cc3)oc2nc1N(CCc1ccncc1)S(C)(=O)=O. The first-order chi connectivity index (χ1) is 16.7. The Hall–Kier alpha value is -3.79. The summed E-state index contributed by atoms with van der Waals surface area (Å²) in [6.07, 6.45) is 5.38. The second kappa shape index (κ2) is 9.83. The molecule has 1 aromatic carbocycles. The number of furan rings is 1. The molecule has 0 saturated carbocycles. The van der Waals surface area contributed by atoms with Gasteiger partial charge in [0.05, 0.1) is 17.2 Å². The van der Waals surface area contributed by atoms with Crippen LogP contribution in [0.25, 0.3) is 22.4 Å². The van der Waals surface area contributed by atoms with Crippen molar-refractivity contribution in [2.24, 2.45) is 0 Å². The lowest BCUT2D eigenvalue weighted by Crippen LogP contribution is -2.33. The van der Waals surface area contributed by atoms with Crippen LogP contribution in [0.4, 0.5) is 10.2 Å². The van der Waals surface area contributed by atoms with E-state index in [4.69, 9.17) is 4.42 Å². The Labute approximate surface area is 202 Å². The van der Waals surface area contributed by atoms with E-state index in [1.54, 1.807) is 18.5 Å². The minimum atomic E-state index is -3.68. The molecular formula is C25H25FN4O4S. The molecule has 0 aliphatic rings. The van der Waals surface area contributed by atoms with E-state index in [1.807, 2.05) is 19.1 Å². The number of benzene rings is 1. The average Bonchev–Trinajstić information content (AvgIpc) is 3.21. The van der Waals surface area contributed by atoms with Crippen LogP contribution in [0.1, 0.15) is 28.4 Å². The van der Waals surface area contributed by atoms with E-state index in [2.05, 4.69) is 15.3 Å². The van der Waals surface area contributed by atoms with Gasteiger partial charge in [0.15, 0.2) is 0 Å². The fourth-order valence-corrected chi connectivity index (χ4v) is 4.79. The molecule has 0 aliphatic heterocycles. The van der Waals surface area contributed by atoms with Crippen molar-refractivity contribution in [2.45, 2.75) is 19.8 Å². The third kappa shape index (κ3) is 5.02. The number of carbonyl (C=O) groups is 1. The van der Waals surface area contributed by atoms with Gasteiger partial charge in [0.1, 0.15) is 17.4 Å². The van der Waals surface area contributed by atoms with Gasteiger partial charge in [-0.1, -0.05) is 6.92 Å². The molecule has 1 amide bonds. The molecule has 0 radical (unpaired) electrons. The molecule has 0 unspecified atom stereocenters. The molecule has 10 heteroatoms. The van der Waals surface area contributed by atoms with Crippen LogP contribution in [0.15, 0.2) is 59.3 Å². The van der Waals surface area contributed by atoms with Gasteiger partial charge >= 0.3 is 0 Å². The molecule has 8 nitrogen and oxygen atoms in total. The van der Waals surface area contributed by atoms with E-state index < -0.39 is 21.7 Å². The third-order valence-electron chi connectivity index (χ3n) is 5.67. The smallest absolute Gasteiger partial charge is 0.255 e. The summed E-state index contributed by atoms with van der Waals surface area (Å²) in [6.45, 7) is 2.05. The van der Waals surface area contributed by atoms with Crippen LogP contribution in [-0.4, -0.2) is 44.1 Å². The summed E-state index contributed by atoms with van der Waals surface area (Å²) in [5, 5.41) is 3.06. The number of fused-ring (bicyclic) bond motifs is 1. The quantitative estimate of drug-likeness (QED) is 0.396. The maximum absolute atomic E-state index is 13.5. The number of anilines is 1. The normalized spacial score (nSPS) is 11.5. The van der Waals surface area contributed by atoms with Gasteiger partial charge in [-0.3, -0.25) is 14.1 Å². The van der Waals surface area contributed by atoms with Crippen LogP contribution >= 0.6 is 0 Å². The molecule has 35 heavy (non-hydrogen) atoms. The Bertz CT molecular complexity index is 1470. The first kappa shape index (κ1) is 24.3. The second-order valence-corrected chi connectivity index (χ2v) is 9.92. The van der Waals surface area contributed by atoms with Crippen LogP contribution in [0.5, 0.6) is 0 Å². The molecule has 4 rings (SSSR count). The van der Waals surface area contributed by atoms with E-state index in [0.29, 0.717) is 29.4 Å². The standard InChI is InChI=1S/C25H25FN4O4S/c1-4-17-15-20-21(24(31)27-2)22(18-5-7-19(26)8-6-18)34-25(20)29-23(17)30(35(3,32)33)14-11-16-9-12-28-13-10-16/h5-10,12-13,15H,4,11,14H2,1-3H3,(H,27,31). The van der Waals surface area contributed by atoms with Gasteiger partial charge in [-0.25, -0.2) is 12.8 Å². The van der Waals surface area contributed by atoms with Crippen molar-refractivity contribution in [3.8, 4) is 11.3 Å². The minimum absolute atomic E-state index is 0.118. The number of nitrogens with one attached hydrogen (secondary N) is 1. The highest BCUT2D eigenvalue weighted by Gasteiger charge is 2.27. The number of pyridine rings is 2. The summed E-state index contributed by atoms with van der Waals surface area (Å²) < 4.78 is 46.3. The van der Waals surface area contributed by atoms with Gasteiger partial charge in [0.2, 0.25) is 15.7 Å². The zero-order chi connectivity index (χ0) is 25.2. The van der Waals surface area contributed by atoms with E-state index in [0.717, 1.165) is 11.8 Å². The number of carbonyl (C=O) groups excluding carboxylic acids is 1. The Morgan fingerprint density at radius 2 is 1.83 bits per heavy atom. The van der Waals surface area contributed by atoms with Crippen LogP contribution in [-0.2, 0) is 22.9 Å². The van der Waals surface area contributed by atoms with E-state index in [1.165, 1.54) is 35.6 Å². The van der Waals surface area contributed by atoms with E-state index >= 15 is 0 Å². The average molecular weight is 497 g/mol. The molecule has 0 fully saturated rings. The van der Waals surface area contributed by atoms with Gasteiger partial charge < -0.3 is 9.73 Å². The summed E-state index contributed by atoms with van der Waals surface area (Å²) in [7, 11) is -2.18. The number of hydrogen-bond acceptors (Lipinski definition) is 6. The fraction of sp³-hybridized carbons (Fsp3) is 0.240. The summed E-state index contributed by atoms with van der Waals surface area (Å²) >= 11 is 0. The van der Waals surface area contributed by atoms with Crippen molar-refractivity contribution in [3.63, 3.8) is 0 Å².